The summed E-state index contributed by atoms with van der Waals surface area (Å²) in [4.78, 5) is 23.5. The minimum atomic E-state index is -0.900. The highest BCUT2D eigenvalue weighted by atomic mass is 35.5. The minimum absolute atomic E-state index is 0.159. The highest BCUT2D eigenvalue weighted by molar-refractivity contribution is 6.33. The van der Waals surface area contributed by atoms with Crippen LogP contribution in [0.25, 0.3) is 0 Å². The van der Waals surface area contributed by atoms with Gasteiger partial charge in [0, 0.05) is 6.54 Å². The quantitative estimate of drug-likeness (QED) is 0.717. The average Bonchev–Trinajstić information content (AvgIpc) is 2.50. The molecule has 0 saturated heterocycles. The molecule has 21 heavy (non-hydrogen) atoms. The summed E-state index contributed by atoms with van der Waals surface area (Å²) in [7, 11) is 0. The number of aliphatic hydroxyl groups is 1. The van der Waals surface area contributed by atoms with E-state index < -0.39 is 11.5 Å². The lowest BCUT2D eigenvalue weighted by Crippen LogP contribution is -2.45. The predicted molar refractivity (Wildman–Crippen MR) is 82.3 cm³/mol. The van der Waals surface area contributed by atoms with Crippen LogP contribution in [0.4, 0.5) is 0 Å². The van der Waals surface area contributed by atoms with Crippen LogP contribution in [-0.2, 0) is 4.79 Å². The Bertz CT molecular complexity index is 501. The average molecular weight is 313 g/mol. The summed E-state index contributed by atoms with van der Waals surface area (Å²) in [5.41, 5.74) is -0.576. The first-order chi connectivity index (χ1) is 9.91. The van der Waals surface area contributed by atoms with E-state index in [0.717, 1.165) is 0 Å². The molecule has 0 atom stereocenters. The molecule has 0 unspecified atom stereocenters. The lowest BCUT2D eigenvalue weighted by atomic mass is 9.98. The number of amides is 2. The largest absolute Gasteiger partial charge is 0.388 e. The van der Waals surface area contributed by atoms with Gasteiger partial charge in [0.05, 0.1) is 22.7 Å². The Morgan fingerprint density at radius 3 is 2.38 bits per heavy atom. The van der Waals surface area contributed by atoms with E-state index in [2.05, 4.69) is 10.6 Å². The zero-order chi connectivity index (χ0) is 15.9. The molecule has 0 radical (unpaired) electrons. The van der Waals surface area contributed by atoms with Crippen molar-refractivity contribution in [3.63, 3.8) is 0 Å². The fourth-order valence-corrected chi connectivity index (χ4v) is 1.95. The predicted octanol–water partition coefficient (Wildman–Crippen LogP) is 1.74. The molecule has 0 bridgehead atoms. The summed E-state index contributed by atoms with van der Waals surface area (Å²) >= 11 is 5.90. The first-order valence-corrected chi connectivity index (χ1v) is 7.31. The van der Waals surface area contributed by atoms with Crippen molar-refractivity contribution in [1.82, 2.24) is 10.6 Å². The van der Waals surface area contributed by atoms with E-state index in [-0.39, 0.29) is 19.0 Å². The number of rotatable bonds is 7. The highest BCUT2D eigenvalue weighted by Gasteiger charge is 2.22. The second-order valence-corrected chi connectivity index (χ2v) is 5.28. The second kappa shape index (κ2) is 8.00. The van der Waals surface area contributed by atoms with Gasteiger partial charge in [-0.3, -0.25) is 9.59 Å². The Labute approximate surface area is 129 Å². The van der Waals surface area contributed by atoms with E-state index in [1.54, 1.807) is 24.3 Å². The van der Waals surface area contributed by atoms with Gasteiger partial charge in [-0.1, -0.05) is 37.6 Å². The zero-order valence-electron chi connectivity index (χ0n) is 12.3. The summed E-state index contributed by atoms with van der Waals surface area (Å²) in [5.74, 6) is -0.757. The van der Waals surface area contributed by atoms with E-state index in [0.29, 0.717) is 23.4 Å². The van der Waals surface area contributed by atoms with E-state index in [1.165, 1.54) is 0 Å². The van der Waals surface area contributed by atoms with Crippen LogP contribution in [0.5, 0.6) is 0 Å². The van der Waals surface area contributed by atoms with Gasteiger partial charge in [0.25, 0.3) is 5.91 Å². The molecule has 5 nitrogen and oxygen atoms in total. The zero-order valence-corrected chi connectivity index (χ0v) is 13.0. The van der Waals surface area contributed by atoms with Crippen LogP contribution in [0.3, 0.4) is 0 Å². The van der Waals surface area contributed by atoms with Gasteiger partial charge in [-0.15, -0.1) is 0 Å². The van der Waals surface area contributed by atoms with Crippen molar-refractivity contribution in [3.05, 3.63) is 34.9 Å². The monoisotopic (exact) mass is 312 g/mol. The first-order valence-electron chi connectivity index (χ1n) is 6.93. The van der Waals surface area contributed by atoms with Gasteiger partial charge in [0.1, 0.15) is 0 Å². The van der Waals surface area contributed by atoms with Crippen molar-refractivity contribution in [2.75, 3.05) is 13.1 Å². The van der Waals surface area contributed by atoms with Crippen LogP contribution < -0.4 is 10.6 Å². The summed E-state index contributed by atoms with van der Waals surface area (Å²) < 4.78 is 0. The van der Waals surface area contributed by atoms with Gasteiger partial charge in [-0.25, -0.2) is 0 Å². The molecule has 0 aliphatic rings. The molecule has 6 heteroatoms. The molecule has 1 rings (SSSR count). The Balaban J connectivity index is 2.43. The fraction of sp³-hybridized carbons (Fsp3) is 0.467. The molecular weight excluding hydrogens is 292 g/mol. The summed E-state index contributed by atoms with van der Waals surface area (Å²) in [6.07, 6.45) is 1.10. The third-order valence-electron chi connectivity index (χ3n) is 3.46. The van der Waals surface area contributed by atoms with Crippen molar-refractivity contribution >= 4 is 23.4 Å². The number of nitrogens with one attached hydrogen (secondary N) is 2. The van der Waals surface area contributed by atoms with Crippen LogP contribution in [0.1, 0.15) is 37.0 Å². The smallest absolute Gasteiger partial charge is 0.253 e. The SMILES string of the molecule is CCC(O)(CC)CNC(=O)CNC(=O)c1ccccc1Cl. The molecular formula is C15H21ClN2O3. The molecule has 1 aromatic carbocycles. The molecule has 0 aliphatic carbocycles. The van der Waals surface area contributed by atoms with E-state index >= 15 is 0 Å². The maximum absolute atomic E-state index is 11.9. The van der Waals surface area contributed by atoms with Gasteiger partial charge < -0.3 is 15.7 Å². The van der Waals surface area contributed by atoms with Crippen LogP contribution in [0.15, 0.2) is 24.3 Å². The summed E-state index contributed by atoms with van der Waals surface area (Å²) in [6, 6.07) is 6.62. The van der Waals surface area contributed by atoms with Crippen LogP contribution in [0.2, 0.25) is 5.02 Å². The molecule has 3 N–H and O–H groups in total. The first kappa shape index (κ1) is 17.5. The lowest BCUT2D eigenvalue weighted by molar-refractivity contribution is -0.121. The third-order valence-corrected chi connectivity index (χ3v) is 3.79. The number of hydrogen-bond acceptors (Lipinski definition) is 3. The number of halogens is 1. The molecule has 0 fully saturated rings. The number of carbonyl (C=O) groups is 2. The Morgan fingerprint density at radius 2 is 1.81 bits per heavy atom. The molecule has 1 aromatic rings. The molecule has 2 amide bonds. The summed E-state index contributed by atoms with van der Waals surface area (Å²) in [5, 5.41) is 15.5. The van der Waals surface area contributed by atoms with E-state index in [1.807, 2.05) is 13.8 Å². The Kier molecular flexibility index (Phi) is 6.65. The van der Waals surface area contributed by atoms with Gasteiger partial charge in [-0.05, 0) is 25.0 Å². The van der Waals surface area contributed by atoms with Gasteiger partial charge in [-0.2, -0.15) is 0 Å². The molecule has 116 valence electrons. The molecule has 0 aliphatic heterocycles. The van der Waals surface area contributed by atoms with Crippen molar-refractivity contribution in [2.24, 2.45) is 0 Å². The van der Waals surface area contributed by atoms with Gasteiger partial charge in [0.2, 0.25) is 5.91 Å². The molecule has 0 aromatic heterocycles. The van der Waals surface area contributed by atoms with Crippen molar-refractivity contribution in [1.29, 1.82) is 0 Å². The third kappa shape index (κ3) is 5.36. The Morgan fingerprint density at radius 1 is 1.19 bits per heavy atom. The molecule has 0 spiro atoms. The van der Waals surface area contributed by atoms with Crippen molar-refractivity contribution < 1.29 is 14.7 Å². The van der Waals surface area contributed by atoms with Crippen molar-refractivity contribution in [3.8, 4) is 0 Å². The number of benzene rings is 1. The maximum Gasteiger partial charge on any atom is 0.253 e. The second-order valence-electron chi connectivity index (χ2n) is 4.87. The Hall–Kier alpha value is -1.59. The van der Waals surface area contributed by atoms with Crippen LogP contribution >= 0.6 is 11.6 Å². The topological polar surface area (TPSA) is 78.4 Å². The molecule has 0 saturated carbocycles. The van der Waals surface area contributed by atoms with Gasteiger partial charge >= 0.3 is 0 Å². The van der Waals surface area contributed by atoms with E-state index in [4.69, 9.17) is 11.6 Å². The van der Waals surface area contributed by atoms with Crippen molar-refractivity contribution in [2.45, 2.75) is 32.3 Å². The van der Waals surface area contributed by atoms with E-state index in [9.17, 15) is 14.7 Å². The maximum atomic E-state index is 11.9. The fourth-order valence-electron chi connectivity index (χ4n) is 1.73. The number of carbonyl (C=O) groups excluding carboxylic acids is 2. The van der Waals surface area contributed by atoms with Crippen LogP contribution in [-0.4, -0.2) is 35.6 Å². The number of hydrogen-bond donors (Lipinski definition) is 3. The highest BCUT2D eigenvalue weighted by Crippen LogP contribution is 2.14. The normalized spacial score (nSPS) is 11.0. The molecule has 0 heterocycles. The summed E-state index contributed by atoms with van der Waals surface area (Å²) in [6.45, 7) is 3.72. The standard InChI is InChI=1S/C15H21ClN2O3/c1-3-15(21,4-2)10-18-13(19)9-17-14(20)11-7-5-6-8-12(11)16/h5-8,21H,3-4,9-10H2,1-2H3,(H,17,20)(H,18,19). The van der Waals surface area contributed by atoms with Gasteiger partial charge in [0.15, 0.2) is 0 Å². The lowest BCUT2D eigenvalue weighted by Gasteiger charge is -2.25. The minimum Gasteiger partial charge on any atom is -0.388 e. The van der Waals surface area contributed by atoms with Crippen LogP contribution in [0, 0.1) is 0 Å².